The number of hydrogen-bond donors (Lipinski definition) is 4. The highest BCUT2D eigenvalue weighted by molar-refractivity contribution is 5.94. The van der Waals surface area contributed by atoms with Crippen LogP contribution < -0.4 is 16.0 Å². The van der Waals surface area contributed by atoms with Gasteiger partial charge in [0.05, 0.1) is 5.39 Å². The third-order valence-corrected chi connectivity index (χ3v) is 4.94. The fourth-order valence-corrected chi connectivity index (χ4v) is 3.09. The van der Waals surface area contributed by atoms with Crippen LogP contribution in [0.25, 0.3) is 11.0 Å². The summed E-state index contributed by atoms with van der Waals surface area (Å²) in [6.07, 6.45) is 5.50. The lowest BCUT2D eigenvalue weighted by Gasteiger charge is -2.27. The third kappa shape index (κ3) is 4.08. The van der Waals surface area contributed by atoms with Gasteiger partial charge < -0.3 is 20.9 Å². The molecule has 1 saturated carbocycles. The topological polar surface area (TPSA) is 94.7 Å². The van der Waals surface area contributed by atoms with Crippen molar-refractivity contribution in [3.05, 3.63) is 42.1 Å². The molecule has 2 aromatic heterocycles. The number of nitrogens with zero attached hydrogens (tertiary/aromatic N) is 2. The summed E-state index contributed by atoms with van der Waals surface area (Å²) < 4.78 is 0. The minimum Gasteiger partial charge on any atom is -0.367 e. The van der Waals surface area contributed by atoms with Gasteiger partial charge in [0.15, 0.2) is 0 Å². The number of aromatic amines is 1. The molecule has 0 bridgehead atoms. The zero-order chi connectivity index (χ0) is 19.5. The predicted molar refractivity (Wildman–Crippen MR) is 112 cm³/mol. The summed E-state index contributed by atoms with van der Waals surface area (Å²) >= 11 is 0. The number of H-pyrrole nitrogens is 1. The maximum atomic E-state index is 12.1. The molecule has 1 fully saturated rings. The van der Waals surface area contributed by atoms with Gasteiger partial charge in [-0.3, -0.25) is 4.79 Å². The largest absolute Gasteiger partial charge is 0.367 e. The molecule has 0 atom stereocenters. The number of nitrogens with one attached hydrogen (secondary N) is 4. The zero-order valence-corrected chi connectivity index (χ0v) is 16.2. The monoisotopic (exact) mass is 378 g/mol. The fraction of sp³-hybridized carbons (Fsp3) is 0.381. The van der Waals surface area contributed by atoms with Crippen LogP contribution in [0.5, 0.6) is 0 Å². The van der Waals surface area contributed by atoms with Crippen LogP contribution in [0.1, 0.15) is 43.5 Å². The second-order valence-electron chi connectivity index (χ2n) is 7.71. The maximum absolute atomic E-state index is 12.1. The SMILES string of the molecule is CC(C)CNC(=O)c1ccc(Nc2nc(NC3CCC3)c3cc[nH]c3n2)cc1. The van der Waals surface area contributed by atoms with Crippen molar-refractivity contribution >= 4 is 34.4 Å². The van der Waals surface area contributed by atoms with Gasteiger partial charge in [-0.15, -0.1) is 0 Å². The molecule has 2 heterocycles. The van der Waals surface area contributed by atoms with Crippen LogP contribution in [0.4, 0.5) is 17.5 Å². The molecule has 0 radical (unpaired) electrons. The normalized spacial score (nSPS) is 14.1. The lowest BCUT2D eigenvalue weighted by atomic mass is 9.93. The van der Waals surface area contributed by atoms with Gasteiger partial charge in [0.2, 0.25) is 5.95 Å². The van der Waals surface area contributed by atoms with E-state index in [1.807, 2.05) is 24.4 Å². The summed E-state index contributed by atoms with van der Waals surface area (Å²) in [5, 5.41) is 10.7. The van der Waals surface area contributed by atoms with E-state index in [9.17, 15) is 4.79 Å². The Bertz CT molecular complexity index is 959. The van der Waals surface area contributed by atoms with Crippen molar-refractivity contribution in [1.82, 2.24) is 20.3 Å². The van der Waals surface area contributed by atoms with Crippen LogP contribution in [0, 0.1) is 5.92 Å². The first-order valence-corrected chi connectivity index (χ1v) is 9.85. The molecule has 1 amide bonds. The molecular formula is C21H26N6O. The Morgan fingerprint density at radius 3 is 2.64 bits per heavy atom. The van der Waals surface area contributed by atoms with Crippen molar-refractivity contribution in [2.24, 2.45) is 5.92 Å². The van der Waals surface area contributed by atoms with E-state index < -0.39 is 0 Å². The molecule has 0 aliphatic heterocycles. The van der Waals surface area contributed by atoms with Crippen molar-refractivity contribution in [3.8, 4) is 0 Å². The number of carbonyl (C=O) groups is 1. The fourth-order valence-electron chi connectivity index (χ4n) is 3.09. The van der Waals surface area contributed by atoms with E-state index in [0.717, 1.165) is 22.5 Å². The van der Waals surface area contributed by atoms with Crippen molar-refractivity contribution in [1.29, 1.82) is 0 Å². The molecule has 0 saturated heterocycles. The lowest BCUT2D eigenvalue weighted by Crippen LogP contribution is -2.27. The quantitative estimate of drug-likeness (QED) is 0.497. The molecule has 3 aromatic rings. The number of rotatable bonds is 7. The molecule has 0 spiro atoms. The molecule has 4 rings (SSSR count). The number of hydrogen-bond acceptors (Lipinski definition) is 5. The standard InChI is InChI=1S/C21H26N6O/c1-13(2)12-23-20(28)14-6-8-16(9-7-14)25-21-26-18-17(10-11-22-18)19(27-21)24-15-4-3-5-15/h6-11,13,15H,3-5,12H2,1-2H3,(H,23,28)(H3,22,24,25,26,27). The highest BCUT2D eigenvalue weighted by Crippen LogP contribution is 2.28. The Morgan fingerprint density at radius 2 is 1.96 bits per heavy atom. The molecule has 0 unspecified atom stereocenters. The van der Waals surface area contributed by atoms with E-state index in [1.165, 1.54) is 19.3 Å². The third-order valence-electron chi connectivity index (χ3n) is 4.94. The van der Waals surface area contributed by atoms with E-state index in [0.29, 0.717) is 30.0 Å². The van der Waals surface area contributed by atoms with Crippen LogP contribution >= 0.6 is 0 Å². The van der Waals surface area contributed by atoms with Crippen molar-refractivity contribution in [2.75, 3.05) is 17.2 Å². The van der Waals surface area contributed by atoms with Gasteiger partial charge in [-0.25, -0.2) is 0 Å². The van der Waals surface area contributed by atoms with Crippen molar-refractivity contribution < 1.29 is 4.79 Å². The summed E-state index contributed by atoms with van der Waals surface area (Å²) in [7, 11) is 0. The first-order chi connectivity index (χ1) is 13.6. The zero-order valence-electron chi connectivity index (χ0n) is 16.2. The Labute approximate surface area is 164 Å². The lowest BCUT2D eigenvalue weighted by molar-refractivity contribution is 0.0949. The van der Waals surface area contributed by atoms with E-state index in [1.54, 1.807) is 12.1 Å². The molecule has 146 valence electrons. The highest BCUT2D eigenvalue weighted by Gasteiger charge is 2.19. The van der Waals surface area contributed by atoms with Gasteiger partial charge in [0.1, 0.15) is 11.5 Å². The second kappa shape index (κ2) is 7.88. The average Bonchev–Trinajstić information content (AvgIpc) is 3.12. The number of benzene rings is 1. The molecule has 1 aliphatic rings. The summed E-state index contributed by atoms with van der Waals surface area (Å²) in [6.45, 7) is 4.81. The Hall–Kier alpha value is -3.09. The molecule has 7 nitrogen and oxygen atoms in total. The van der Waals surface area contributed by atoms with Gasteiger partial charge >= 0.3 is 0 Å². The van der Waals surface area contributed by atoms with Gasteiger partial charge in [-0.1, -0.05) is 13.8 Å². The van der Waals surface area contributed by atoms with Crippen molar-refractivity contribution in [3.63, 3.8) is 0 Å². The van der Waals surface area contributed by atoms with Crippen LogP contribution in [-0.2, 0) is 0 Å². The molecule has 1 aromatic carbocycles. The van der Waals surface area contributed by atoms with Crippen LogP contribution in [-0.4, -0.2) is 33.4 Å². The van der Waals surface area contributed by atoms with E-state index in [4.69, 9.17) is 0 Å². The Kier molecular flexibility index (Phi) is 5.14. The highest BCUT2D eigenvalue weighted by atomic mass is 16.1. The number of anilines is 3. The summed E-state index contributed by atoms with van der Waals surface area (Å²) in [4.78, 5) is 24.5. The maximum Gasteiger partial charge on any atom is 0.251 e. The number of amides is 1. The molecule has 7 heteroatoms. The van der Waals surface area contributed by atoms with Gasteiger partial charge in [0.25, 0.3) is 5.91 Å². The van der Waals surface area contributed by atoms with Gasteiger partial charge in [-0.2, -0.15) is 9.97 Å². The average molecular weight is 378 g/mol. The minimum atomic E-state index is -0.0590. The molecule has 4 N–H and O–H groups in total. The van der Waals surface area contributed by atoms with Crippen LogP contribution in [0.2, 0.25) is 0 Å². The second-order valence-corrected chi connectivity index (χ2v) is 7.71. The predicted octanol–water partition coefficient (Wildman–Crippen LogP) is 4.05. The minimum absolute atomic E-state index is 0.0590. The van der Waals surface area contributed by atoms with Crippen LogP contribution in [0.15, 0.2) is 36.5 Å². The molecular weight excluding hydrogens is 352 g/mol. The van der Waals surface area contributed by atoms with E-state index in [-0.39, 0.29) is 5.91 Å². The summed E-state index contributed by atoms with van der Waals surface area (Å²) in [5.41, 5.74) is 2.27. The van der Waals surface area contributed by atoms with E-state index >= 15 is 0 Å². The van der Waals surface area contributed by atoms with Crippen LogP contribution in [0.3, 0.4) is 0 Å². The number of aromatic nitrogens is 3. The summed E-state index contributed by atoms with van der Waals surface area (Å²) in [6, 6.07) is 9.82. The van der Waals surface area contributed by atoms with Gasteiger partial charge in [0, 0.05) is 30.0 Å². The van der Waals surface area contributed by atoms with Gasteiger partial charge in [-0.05, 0) is 55.5 Å². The first kappa shape index (κ1) is 18.3. The molecule has 1 aliphatic carbocycles. The Morgan fingerprint density at radius 1 is 1.18 bits per heavy atom. The Balaban J connectivity index is 1.49. The molecule has 28 heavy (non-hydrogen) atoms. The van der Waals surface area contributed by atoms with Crippen molar-refractivity contribution in [2.45, 2.75) is 39.2 Å². The smallest absolute Gasteiger partial charge is 0.251 e. The number of fused-ring (bicyclic) bond motifs is 1. The summed E-state index contributed by atoms with van der Waals surface area (Å²) in [5.74, 6) is 1.74. The van der Waals surface area contributed by atoms with E-state index in [2.05, 4.69) is 44.7 Å². The first-order valence-electron chi connectivity index (χ1n) is 9.85. The number of carbonyl (C=O) groups excluding carboxylic acids is 1.